The lowest BCUT2D eigenvalue weighted by atomic mass is 10.2. The van der Waals surface area contributed by atoms with Gasteiger partial charge < -0.3 is 0 Å². The van der Waals surface area contributed by atoms with Crippen molar-refractivity contribution in [3.05, 3.63) is 0 Å². The van der Waals surface area contributed by atoms with E-state index in [4.69, 9.17) is 0 Å². The lowest BCUT2D eigenvalue weighted by Gasteiger charge is -2.11. The van der Waals surface area contributed by atoms with E-state index in [9.17, 15) is 18.0 Å². The Morgan fingerprint density at radius 2 is 2.10 bits per heavy atom. The maximum atomic E-state index is 11.7. The van der Waals surface area contributed by atoms with Crippen molar-refractivity contribution in [2.24, 2.45) is 0 Å². The first-order valence-corrected chi connectivity index (χ1v) is 2.84. The highest BCUT2D eigenvalue weighted by atomic mass is 19.4. The molecule has 0 radical (unpaired) electrons. The van der Waals surface area contributed by atoms with Gasteiger partial charge in [-0.3, -0.25) is 10.1 Å². The number of Topliss-reactive ketones (excluding diaryl/α,β-unsaturated/α-hetero) is 1. The van der Waals surface area contributed by atoms with Crippen molar-refractivity contribution < 1.29 is 18.0 Å². The Balaban J connectivity index is 2.64. The molecular weight excluding hydrogens is 147 g/mol. The molecule has 1 N–H and O–H groups in total. The maximum Gasteiger partial charge on any atom is 0.410 e. The van der Waals surface area contributed by atoms with E-state index in [0.29, 0.717) is 0 Å². The predicted octanol–water partition coefficient (Wildman–Crippen LogP) is 0.480. The molecule has 1 unspecified atom stereocenters. The van der Waals surface area contributed by atoms with Gasteiger partial charge in [-0.05, 0) is 0 Å². The average Bonchev–Trinajstić information content (AvgIpc) is 2.11. The molecule has 1 heterocycles. The van der Waals surface area contributed by atoms with Crippen molar-refractivity contribution in [2.45, 2.75) is 18.6 Å². The van der Waals surface area contributed by atoms with E-state index in [-0.39, 0.29) is 13.0 Å². The van der Waals surface area contributed by atoms with Crippen LogP contribution in [-0.4, -0.2) is 24.5 Å². The van der Waals surface area contributed by atoms with Crippen molar-refractivity contribution in [1.29, 1.82) is 0 Å². The Hall–Kier alpha value is -0.580. The molecule has 1 saturated heterocycles. The summed E-state index contributed by atoms with van der Waals surface area (Å²) in [5.41, 5.74) is 0. The summed E-state index contributed by atoms with van der Waals surface area (Å²) in [6.07, 6.45) is -4.42. The van der Waals surface area contributed by atoms with Crippen molar-refractivity contribution in [3.8, 4) is 0 Å². The van der Waals surface area contributed by atoms with Gasteiger partial charge in [0, 0.05) is 13.0 Å². The third kappa shape index (κ3) is 1.29. The van der Waals surface area contributed by atoms with E-state index in [1.165, 1.54) is 0 Å². The molecule has 0 aromatic carbocycles. The molecule has 1 atom stereocenters. The fraction of sp³-hybridized carbons (Fsp3) is 0.800. The van der Waals surface area contributed by atoms with Gasteiger partial charge in [-0.2, -0.15) is 13.2 Å². The van der Waals surface area contributed by atoms with Gasteiger partial charge >= 0.3 is 6.18 Å². The number of nitrogens with one attached hydrogen (secondary N) is 1. The SMILES string of the molecule is O=C1CCNC1C(F)(F)F. The smallest absolute Gasteiger partial charge is 0.300 e. The molecule has 0 aromatic heterocycles. The lowest BCUT2D eigenvalue weighted by molar-refractivity contribution is -0.161. The summed E-state index contributed by atoms with van der Waals surface area (Å²) in [6.45, 7) is 0.142. The van der Waals surface area contributed by atoms with Gasteiger partial charge in [0.15, 0.2) is 11.8 Å². The number of alkyl halides is 3. The van der Waals surface area contributed by atoms with Crippen molar-refractivity contribution in [1.82, 2.24) is 5.32 Å². The third-order valence-corrected chi connectivity index (χ3v) is 1.37. The van der Waals surface area contributed by atoms with E-state index >= 15 is 0 Å². The van der Waals surface area contributed by atoms with Crippen LogP contribution in [0.15, 0.2) is 0 Å². The van der Waals surface area contributed by atoms with Gasteiger partial charge in [0.1, 0.15) is 0 Å². The number of hydrogen-bond donors (Lipinski definition) is 1. The second kappa shape index (κ2) is 2.23. The molecule has 5 heteroatoms. The van der Waals surface area contributed by atoms with Crippen LogP contribution in [0.4, 0.5) is 13.2 Å². The fourth-order valence-electron chi connectivity index (χ4n) is 0.896. The van der Waals surface area contributed by atoms with E-state index in [1.807, 2.05) is 0 Å². The van der Waals surface area contributed by atoms with Crippen LogP contribution in [0.5, 0.6) is 0 Å². The highest BCUT2D eigenvalue weighted by Gasteiger charge is 2.46. The van der Waals surface area contributed by atoms with Gasteiger partial charge in [0.05, 0.1) is 0 Å². The summed E-state index contributed by atoms with van der Waals surface area (Å²) in [7, 11) is 0. The zero-order valence-corrected chi connectivity index (χ0v) is 5.03. The summed E-state index contributed by atoms with van der Waals surface area (Å²) < 4.78 is 35.2. The molecule has 0 aromatic rings. The van der Waals surface area contributed by atoms with Crippen LogP contribution >= 0.6 is 0 Å². The monoisotopic (exact) mass is 153 g/mol. The molecule has 0 saturated carbocycles. The number of halogens is 3. The summed E-state index contributed by atoms with van der Waals surface area (Å²) in [5.74, 6) is -0.757. The Labute approximate surface area is 55.4 Å². The lowest BCUT2D eigenvalue weighted by Crippen LogP contribution is -2.41. The van der Waals surface area contributed by atoms with Crippen molar-refractivity contribution >= 4 is 5.78 Å². The first kappa shape index (κ1) is 7.53. The molecule has 1 fully saturated rings. The quantitative estimate of drug-likeness (QED) is 0.548. The molecule has 0 aliphatic carbocycles. The third-order valence-electron chi connectivity index (χ3n) is 1.37. The molecule has 1 rings (SSSR count). The van der Waals surface area contributed by atoms with Crippen molar-refractivity contribution in [3.63, 3.8) is 0 Å². The van der Waals surface area contributed by atoms with Crippen LogP contribution < -0.4 is 5.32 Å². The maximum absolute atomic E-state index is 11.7. The predicted molar refractivity (Wildman–Crippen MR) is 27.5 cm³/mol. The van der Waals surface area contributed by atoms with Crippen LogP contribution in [-0.2, 0) is 4.79 Å². The van der Waals surface area contributed by atoms with Gasteiger partial charge in [-0.15, -0.1) is 0 Å². The summed E-state index contributed by atoms with van der Waals surface area (Å²) >= 11 is 0. The zero-order valence-electron chi connectivity index (χ0n) is 5.03. The molecule has 0 spiro atoms. The van der Waals surface area contributed by atoms with Gasteiger partial charge in [-0.1, -0.05) is 0 Å². The van der Waals surface area contributed by atoms with Crippen LogP contribution in [0.2, 0.25) is 0 Å². The minimum atomic E-state index is -4.41. The number of hydrogen-bond acceptors (Lipinski definition) is 2. The van der Waals surface area contributed by atoms with Gasteiger partial charge in [0.25, 0.3) is 0 Å². The number of ketones is 1. The van der Waals surface area contributed by atoms with Crippen LogP contribution in [0.3, 0.4) is 0 Å². The highest BCUT2D eigenvalue weighted by molar-refractivity contribution is 5.86. The minimum absolute atomic E-state index is 0.00975. The second-order valence-corrected chi connectivity index (χ2v) is 2.15. The van der Waals surface area contributed by atoms with E-state index in [2.05, 4.69) is 5.32 Å². The summed E-state index contributed by atoms with van der Waals surface area (Å²) in [5, 5.41) is 2.07. The first-order valence-electron chi connectivity index (χ1n) is 2.84. The molecular formula is C5H6F3NO. The number of carbonyl (C=O) groups is 1. The first-order chi connectivity index (χ1) is 4.52. The van der Waals surface area contributed by atoms with Gasteiger partial charge in [-0.25, -0.2) is 0 Å². The Bertz CT molecular complexity index is 153. The van der Waals surface area contributed by atoms with E-state index in [0.717, 1.165) is 0 Å². The van der Waals surface area contributed by atoms with Gasteiger partial charge in [0.2, 0.25) is 0 Å². The van der Waals surface area contributed by atoms with E-state index in [1.54, 1.807) is 0 Å². The Kier molecular flexibility index (Phi) is 1.68. The van der Waals surface area contributed by atoms with Crippen LogP contribution in [0, 0.1) is 0 Å². The van der Waals surface area contributed by atoms with Crippen LogP contribution in [0.25, 0.3) is 0 Å². The summed E-state index contributed by atoms with van der Waals surface area (Å²) in [6, 6.07) is -1.91. The Morgan fingerprint density at radius 3 is 2.30 bits per heavy atom. The highest BCUT2D eigenvalue weighted by Crippen LogP contribution is 2.23. The van der Waals surface area contributed by atoms with E-state index < -0.39 is 18.0 Å². The average molecular weight is 153 g/mol. The molecule has 2 nitrogen and oxygen atoms in total. The molecule has 1 aliphatic rings. The molecule has 0 bridgehead atoms. The Morgan fingerprint density at radius 1 is 1.50 bits per heavy atom. The molecule has 10 heavy (non-hydrogen) atoms. The molecule has 1 aliphatic heterocycles. The second-order valence-electron chi connectivity index (χ2n) is 2.15. The minimum Gasteiger partial charge on any atom is -0.300 e. The largest absolute Gasteiger partial charge is 0.410 e. The fourth-order valence-corrected chi connectivity index (χ4v) is 0.896. The molecule has 58 valence electrons. The number of rotatable bonds is 0. The van der Waals surface area contributed by atoms with Crippen molar-refractivity contribution in [2.75, 3.05) is 6.54 Å². The standard InChI is InChI=1S/C5H6F3NO/c6-5(7,8)4-3(10)1-2-9-4/h4,9H,1-2H2. The zero-order chi connectivity index (χ0) is 7.78. The normalized spacial score (nSPS) is 27.5. The molecule has 0 amide bonds. The van der Waals surface area contributed by atoms with Crippen LogP contribution in [0.1, 0.15) is 6.42 Å². The number of carbonyl (C=O) groups excluding carboxylic acids is 1. The topological polar surface area (TPSA) is 29.1 Å². The summed E-state index contributed by atoms with van der Waals surface area (Å²) in [4.78, 5) is 10.4.